The second-order valence-electron chi connectivity index (χ2n) is 7.16. The van der Waals surface area contributed by atoms with Gasteiger partial charge in [0.1, 0.15) is 5.60 Å². The third-order valence-electron chi connectivity index (χ3n) is 3.83. The molecule has 0 aromatic heterocycles. The number of aliphatic hydroxyl groups is 1. The van der Waals surface area contributed by atoms with Crippen molar-refractivity contribution < 1.29 is 24.1 Å². The molecule has 1 aliphatic heterocycles. The Morgan fingerprint density at radius 2 is 1.96 bits per heavy atom. The Morgan fingerprint density at radius 1 is 1.29 bits per heavy atom. The summed E-state index contributed by atoms with van der Waals surface area (Å²) >= 11 is 0. The van der Waals surface area contributed by atoms with Crippen molar-refractivity contribution in [3.63, 3.8) is 0 Å². The highest BCUT2D eigenvalue weighted by molar-refractivity contribution is 5.89. The van der Waals surface area contributed by atoms with Crippen LogP contribution in [0.15, 0.2) is 24.3 Å². The van der Waals surface area contributed by atoms with Gasteiger partial charge in [-0.25, -0.2) is 4.79 Å². The summed E-state index contributed by atoms with van der Waals surface area (Å²) in [7, 11) is 0. The molecule has 1 heterocycles. The Bertz CT molecular complexity index is 538. The maximum Gasteiger partial charge on any atom is 0.338 e. The van der Waals surface area contributed by atoms with E-state index >= 15 is 0 Å². The summed E-state index contributed by atoms with van der Waals surface area (Å²) in [6, 6.07) is 7.11. The molecule has 24 heavy (non-hydrogen) atoms. The largest absolute Gasteiger partial charge is 0.456 e. The van der Waals surface area contributed by atoms with Crippen LogP contribution in [-0.2, 0) is 14.2 Å². The van der Waals surface area contributed by atoms with Gasteiger partial charge >= 0.3 is 5.97 Å². The monoisotopic (exact) mass is 336 g/mol. The van der Waals surface area contributed by atoms with Gasteiger partial charge in [-0.05, 0) is 57.7 Å². The first kappa shape index (κ1) is 18.9. The lowest BCUT2D eigenvalue weighted by atomic mass is 10.0. The Morgan fingerprint density at radius 3 is 2.46 bits per heavy atom. The van der Waals surface area contributed by atoms with Crippen molar-refractivity contribution in [3.05, 3.63) is 35.4 Å². The lowest BCUT2D eigenvalue weighted by Crippen LogP contribution is -2.40. The van der Waals surface area contributed by atoms with E-state index < -0.39 is 11.6 Å². The number of hydrogen-bond acceptors (Lipinski definition) is 5. The van der Waals surface area contributed by atoms with Crippen LogP contribution in [0.1, 0.15) is 75.4 Å². The molecule has 1 aromatic carbocycles. The Labute approximate surface area is 143 Å². The molecule has 1 fully saturated rings. The zero-order chi connectivity index (χ0) is 17.8. The van der Waals surface area contributed by atoms with Crippen molar-refractivity contribution in [2.75, 3.05) is 6.61 Å². The first-order valence-electron chi connectivity index (χ1n) is 8.60. The van der Waals surface area contributed by atoms with E-state index in [0.29, 0.717) is 25.0 Å². The number of ether oxygens (including phenoxy) is 3. The molecule has 2 atom stereocenters. The molecule has 1 saturated heterocycles. The maximum absolute atomic E-state index is 12.1. The molecule has 0 bridgehead atoms. The van der Waals surface area contributed by atoms with Crippen LogP contribution < -0.4 is 0 Å². The number of hydrogen-bond donors (Lipinski definition) is 1. The zero-order valence-electron chi connectivity index (χ0n) is 15.0. The minimum absolute atomic E-state index is 0.291. The van der Waals surface area contributed by atoms with E-state index in [9.17, 15) is 9.90 Å². The number of esters is 1. The van der Waals surface area contributed by atoms with Gasteiger partial charge in [0.2, 0.25) is 0 Å². The van der Waals surface area contributed by atoms with E-state index in [0.717, 1.165) is 18.4 Å². The van der Waals surface area contributed by atoms with Gasteiger partial charge in [-0.2, -0.15) is 0 Å². The fraction of sp³-hybridized carbons (Fsp3) is 0.632. The summed E-state index contributed by atoms with van der Waals surface area (Å²) in [5.41, 5.74) is 0.871. The maximum atomic E-state index is 12.1. The predicted octanol–water partition coefficient (Wildman–Crippen LogP) is 3.96. The summed E-state index contributed by atoms with van der Waals surface area (Å²) in [4.78, 5) is 12.1. The van der Waals surface area contributed by atoms with Crippen LogP contribution in [0.5, 0.6) is 0 Å². The third kappa shape index (κ3) is 5.30. The molecule has 1 aliphatic rings. The second-order valence-corrected chi connectivity index (χ2v) is 7.16. The molecule has 1 N–H and O–H groups in total. The van der Waals surface area contributed by atoms with Crippen LogP contribution in [-0.4, -0.2) is 29.3 Å². The standard InChI is InChI=1S/C19H28O5/c1-5-16(23-19(21)12-6-7-13-22-19)14-8-10-15(11-9-14)17(20)24-18(2,3)4/h8-11,16,21H,5-7,12-13H2,1-4H3. The average Bonchev–Trinajstić information content (AvgIpc) is 2.52. The Hall–Kier alpha value is -1.43. The second kappa shape index (κ2) is 7.64. The minimum Gasteiger partial charge on any atom is -0.456 e. The first-order valence-corrected chi connectivity index (χ1v) is 8.60. The molecule has 0 radical (unpaired) electrons. The van der Waals surface area contributed by atoms with Crippen LogP contribution in [0.2, 0.25) is 0 Å². The van der Waals surface area contributed by atoms with Gasteiger partial charge in [0, 0.05) is 6.42 Å². The van der Waals surface area contributed by atoms with Crippen LogP contribution in [0.3, 0.4) is 0 Å². The summed E-state index contributed by atoms with van der Waals surface area (Å²) in [6.07, 6.45) is 2.69. The zero-order valence-corrected chi connectivity index (χ0v) is 15.0. The van der Waals surface area contributed by atoms with E-state index in [4.69, 9.17) is 14.2 Å². The molecule has 0 aliphatic carbocycles. The summed E-state index contributed by atoms with van der Waals surface area (Å²) in [5, 5.41) is 10.4. The molecule has 0 saturated carbocycles. The predicted molar refractivity (Wildman–Crippen MR) is 90.5 cm³/mol. The molecule has 1 aromatic rings. The highest BCUT2D eigenvalue weighted by atomic mass is 16.8. The number of carbonyl (C=O) groups is 1. The molecular weight excluding hydrogens is 308 g/mol. The van der Waals surface area contributed by atoms with Gasteiger partial charge in [0.05, 0.1) is 18.3 Å². The number of rotatable bonds is 5. The van der Waals surface area contributed by atoms with Gasteiger partial charge < -0.3 is 19.3 Å². The number of benzene rings is 1. The van der Waals surface area contributed by atoms with Gasteiger partial charge in [-0.15, -0.1) is 0 Å². The average molecular weight is 336 g/mol. The van der Waals surface area contributed by atoms with Crippen molar-refractivity contribution >= 4 is 5.97 Å². The van der Waals surface area contributed by atoms with Gasteiger partial charge in [-0.3, -0.25) is 0 Å². The van der Waals surface area contributed by atoms with Gasteiger partial charge in [-0.1, -0.05) is 19.1 Å². The van der Waals surface area contributed by atoms with Gasteiger partial charge in [0.15, 0.2) is 0 Å². The SMILES string of the molecule is CCC(OC1(O)CCCCO1)c1ccc(C(=O)OC(C)(C)C)cc1. The molecule has 0 spiro atoms. The summed E-state index contributed by atoms with van der Waals surface area (Å²) in [6.45, 7) is 8.00. The van der Waals surface area contributed by atoms with E-state index in [1.807, 2.05) is 39.8 Å². The summed E-state index contributed by atoms with van der Waals surface area (Å²) in [5.74, 6) is -1.86. The van der Waals surface area contributed by atoms with Crippen LogP contribution in [0, 0.1) is 0 Å². The number of carbonyl (C=O) groups excluding carboxylic acids is 1. The highest BCUT2D eigenvalue weighted by Crippen LogP contribution is 2.32. The molecular formula is C19H28O5. The van der Waals surface area contributed by atoms with E-state index in [1.54, 1.807) is 12.1 Å². The lowest BCUT2D eigenvalue weighted by Gasteiger charge is -2.34. The molecule has 2 rings (SSSR count). The van der Waals surface area contributed by atoms with Crippen molar-refractivity contribution in [2.24, 2.45) is 0 Å². The fourth-order valence-corrected chi connectivity index (χ4v) is 2.63. The van der Waals surface area contributed by atoms with Crippen molar-refractivity contribution in [1.29, 1.82) is 0 Å². The fourth-order valence-electron chi connectivity index (χ4n) is 2.63. The molecule has 5 nitrogen and oxygen atoms in total. The summed E-state index contributed by atoms with van der Waals surface area (Å²) < 4.78 is 16.6. The van der Waals surface area contributed by atoms with Crippen molar-refractivity contribution in [3.8, 4) is 0 Å². The molecule has 2 unspecified atom stereocenters. The highest BCUT2D eigenvalue weighted by Gasteiger charge is 2.34. The van der Waals surface area contributed by atoms with Crippen LogP contribution in [0.4, 0.5) is 0 Å². The van der Waals surface area contributed by atoms with Gasteiger partial charge in [0.25, 0.3) is 5.97 Å². The van der Waals surface area contributed by atoms with Crippen LogP contribution >= 0.6 is 0 Å². The van der Waals surface area contributed by atoms with Crippen molar-refractivity contribution in [1.82, 2.24) is 0 Å². The van der Waals surface area contributed by atoms with Crippen molar-refractivity contribution in [2.45, 2.75) is 71.1 Å². The molecule has 0 amide bonds. The first-order chi connectivity index (χ1) is 11.2. The Balaban J connectivity index is 2.06. The minimum atomic E-state index is -1.51. The lowest BCUT2D eigenvalue weighted by molar-refractivity contribution is -0.389. The third-order valence-corrected chi connectivity index (χ3v) is 3.83. The topological polar surface area (TPSA) is 65.0 Å². The quantitative estimate of drug-likeness (QED) is 0.651. The van der Waals surface area contributed by atoms with E-state index in [1.165, 1.54) is 0 Å². The van der Waals surface area contributed by atoms with E-state index in [-0.39, 0.29) is 12.1 Å². The van der Waals surface area contributed by atoms with Crippen LogP contribution in [0.25, 0.3) is 0 Å². The normalized spacial score (nSPS) is 22.9. The Kier molecular flexibility index (Phi) is 6.01. The molecule has 134 valence electrons. The molecule has 5 heteroatoms. The van der Waals surface area contributed by atoms with E-state index in [2.05, 4.69) is 0 Å². The smallest absolute Gasteiger partial charge is 0.338 e.